The number of benzene rings is 2. The van der Waals surface area contributed by atoms with Gasteiger partial charge in [-0.2, -0.15) is 5.26 Å². The second-order valence-corrected chi connectivity index (χ2v) is 7.28. The highest BCUT2D eigenvalue weighted by Gasteiger charge is 2.40. The number of rotatable bonds is 4. The molecule has 1 amide bonds. The van der Waals surface area contributed by atoms with Crippen molar-refractivity contribution in [1.82, 2.24) is 4.90 Å². The lowest BCUT2D eigenvalue weighted by Gasteiger charge is -2.33. The van der Waals surface area contributed by atoms with Crippen molar-refractivity contribution in [1.29, 1.82) is 5.26 Å². The molecule has 2 aliphatic heterocycles. The van der Waals surface area contributed by atoms with E-state index in [2.05, 4.69) is 6.07 Å². The van der Waals surface area contributed by atoms with E-state index in [1.54, 1.807) is 6.07 Å². The van der Waals surface area contributed by atoms with Crippen molar-refractivity contribution in [3.8, 4) is 6.07 Å². The Morgan fingerprint density at radius 3 is 2.79 bits per heavy atom. The predicted octanol–water partition coefficient (Wildman–Crippen LogP) is 4.85. The smallest absolute Gasteiger partial charge is 0.410 e. The van der Waals surface area contributed by atoms with E-state index < -0.39 is 0 Å². The summed E-state index contributed by atoms with van der Waals surface area (Å²) in [5.41, 5.74) is 3.59. The zero-order valence-corrected chi connectivity index (χ0v) is 15.5. The monoisotopic (exact) mass is 376 g/mol. The minimum Gasteiger partial charge on any atom is -0.445 e. The standard InChI is InChI=1S/C23H21FN2O2/c24-19-7-6-17(10-11-25)22(14-19)18-12-20-8-9-21(13-18)26(20)23(27)28-15-16-4-2-1-3-5-16/h1-7,12,14,20-21H,8-10,13,15H2. The second kappa shape index (κ2) is 7.85. The summed E-state index contributed by atoms with van der Waals surface area (Å²) in [5, 5.41) is 9.06. The number of hydrogen-bond acceptors (Lipinski definition) is 3. The topological polar surface area (TPSA) is 53.3 Å². The van der Waals surface area contributed by atoms with Crippen molar-refractivity contribution in [3.05, 3.63) is 77.1 Å². The van der Waals surface area contributed by atoms with Gasteiger partial charge in [0.05, 0.1) is 18.5 Å². The van der Waals surface area contributed by atoms with Crippen LogP contribution >= 0.6 is 0 Å². The van der Waals surface area contributed by atoms with Crippen LogP contribution in [-0.2, 0) is 17.8 Å². The minimum absolute atomic E-state index is 0.0461. The van der Waals surface area contributed by atoms with Gasteiger partial charge in [-0.05, 0) is 53.7 Å². The van der Waals surface area contributed by atoms with Crippen molar-refractivity contribution in [2.45, 2.75) is 44.4 Å². The molecule has 142 valence electrons. The Hall–Kier alpha value is -3.13. The molecule has 4 rings (SSSR count). The lowest BCUT2D eigenvalue weighted by Crippen LogP contribution is -2.43. The zero-order chi connectivity index (χ0) is 19.5. The summed E-state index contributed by atoms with van der Waals surface area (Å²) in [6.07, 6.45) is 4.40. The fraction of sp³-hybridized carbons (Fsp3) is 0.304. The van der Waals surface area contributed by atoms with Gasteiger partial charge in [0, 0.05) is 6.04 Å². The fourth-order valence-electron chi connectivity index (χ4n) is 4.20. The van der Waals surface area contributed by atoms with E-state index in [9.17, 15) is 9.18 Å². The van der Waals surface area contributed by atoms with Gasteiger partial charge in [0.15, 0.2) is 0 Å². The first kappa shape index (κ1) is 18.2. The van der Waals surface area contributed by atoms with Crippen LogP contribution in [0.2, 0.25) is 0 Å². The van der Waals surface area contributed by atoms with Gasteiger partial charge in [-0.25, -0.2) is 9.18 Å². The van der Waals surface area contributed by atoms with Gasteiger partial charge >= 0.3 is 6.09 Å². The molecule has 2 aromatic carbocycles. The van der Waals surface area contributed by atoms with Crippen LogP contribution in [-0.4, -0.2) is 23.1 Å². The Kier molecular flexibility index (Phi) is 5.12. The Morgan fingerprint density at radius 2 is 2.04 bits per heavy atom. The SMILES string of the molecule is N#CCc1ccc(F)cc1C1=CC2CCC(C1)N2C(=O)OCc1ccccc1. The molecule has 2 aromatic rings. The van der Waals surface area contributed by atoms with Crippen LogP contribution in [0.15, 0.2) is 54.6 Å². The molecule has 2 bridgehead atoms. The van der Waals surface area contributed by atoms with Gasteiger partial charge in [0.2, 0.25) is 0 Å². The number of hydrogen-bond donors (Lipinski definition) is 0. The van der Waals surface area contributed by atoms with Crippen LogP contribution in [0.5, 0.6) is 0 Å². The van der Waals surface area contributed by atoms with Gasteiger partial charge in [0.1, 0.15) is 12.4 Å². The highest BCUT2D eigenvalue weighted by Crippen LogP contribution is 2.40. The van der Waals surface area contributed by atoms with Crippen molar-refractivity contribution in [2.24, 2.45) is 0 Å². The third-order valence-corrected chi connectivity index (χ3v) is 5.50. The first-order valence-corrected chi connectivity index (χ1v) is 9.51. The van der Waals surface area contributed by atoms with Crippen LogP contribution in [0.4, 0.5) is 9.18 Å². The maximum absolute atomic E-state index is 13.8. The predicted molar refractivity (Wildman–Crippen MR) is 104 cm³/mol. The third-order valence-electron chi connectivity index (χ3n) is 5.50. The molecule has 4 nitrogen and oxygen atoms in total. The molecule has 1 saturated heterocycles. The number of carbonyl (C=O) groups is 1. The number of nitrogens with zero attached hydrogens (tertiary/aromatic N) is 2. The number of fused-ring (bicyclic) bond motifs is 2. The molecule has 2 heterocycles. The molecule has 5 heteroatoms. The molecule has 2 aliphatic rings. The highest BCUT2D eigenvalue weighted by atomic mass is 19.1. The zero-order valence-electron chi connectivity index (χ0n) is 15.5. The van der Waals surface area contributed by atoms with E-state index in [0.717, 1.165) is 35.1 Å². The van der Waals surface area contributed by atoms with Gasteiger partial charge in [-0.3, -0.25) is 4.90 Å². The van der Waals surface area contributed by atoms with Crippen LogP contribution in [0.1, 0.15) is 36.0 Å². The van der Waals surface area contributed by atoms with Crippen molar-refractivity contribution < 1.29 is 13.9 Å². The van der Waals surface area contributed by atoms with Gasteiger partial charge in [-0.1, -0.05) is 42.5 Å². The maximum atomic E-state index is 13.8. The summed E-state index contributed by atoms with van der Waals surface area (Å²) in [7, 11) is 0. The van der Waals surface area contributed by atoms with Crippen LogP contribution < -0.4 is 0 Å². The molecule has 2 unspecified atom stereocenters. The number of nitriles is 1. The minimum atomic E-state index is -0.311. The largest absolute Gasteiger partial charge is 0.445 e. The lowest BCUT2D eigenvalue weighted by molar-refractivity contribution is 0.0832. The summed E-state index contributed by atoms with van der Waals surface area (Å²) >= 11 is 0. The molecule has 1 fully saturated rings. The summed E-state index contributed by atoms with van der Waals surface area (Å²) in [6.45, 7) is 0.252. The van der Waals surface area contributed by atoms with Crippen molar-refractivity contribution in [3.63, 3.8) is 0 Å². The Labute approximate surface area is 163 Å². The highest BCUT2D eigenvalue weighted by molar-refractivity contribution is 5.76. The van der Waals surface area contributed by atoms with Gasteiger partial charge in [0.25, 0.3) is 0 Å². The van der Waals surface area contributed by atoms with Crippen molar-refractivity contribution in [2.75, 3.05) is 0 Å². The van der Waals surface area contributed by atoms with Gasteiger partial charge < -0.3 is 4.74 Å². The Balaban J connectivity index is 1.52. The molecule has 0 aromatic heterocycles. The van der Waals surface area contributed by atoms with E-state index >= 15 is 0 Å². The average molecular weight is 376 g/mol. The summed E-state index contributed by atoms with van der Waals surface area (Å²) in [4.78, 5) is 14.5. The molecule has 2 atom stereocenters. The molecule has 0 spiro atoms. The molecular weight excluding hydrogens is 355 g/mol. The number of ether oxygens (including phenoxy) is 1. The number of carbonyl (C=O) groups excluding carboxylic acids is 1. The fourth-order valence-corrected chi connectivity index (χ4v) is 4.20. The van der Waals surface area contributed by atoms with Crippen LogP contribution in [0.25, 0.3) is 5.57 Å². The normalized spacial score (nSPS) is 20.4. The number of halogens is 1. The third kappa shape index (κ3) is 3.63. The van der Waals surface area contributed by atoms with E-state index in [1.807, 2.05) is 41.3 Å². The number of amides is 1. The average Bonchev–Trinajstić information content (AvgIpc) is 2.98. The van der Waals surface area contributed by atoms with E-state index in [-0.39, 0.29) is 37.0 Å². The molecular formula is C23H21FN2O2. The Morgan fingerprint density at radius 1 is 1.21 bits per heavy atom. The van der Waals surface area contributed by atoms with E-state index in [1.165, 1.54) is 12.1 Å². The van der Waals surface area contributed by atoms with E-state index in [4.69, 9.17) is 10.00 Å². The second-order valence-electron chi connectivity index (χ2n) is 7.28. The lowest BCUT2D eigenvalue weighted by atomic mass is 9.90. The molecule has 0 aliphatic carbocycles. The first-order chi connectivity index (χ1) is 13.7. The molecule has 0 saturated carbocycles. The summed E-state index contributed by atoms with van der Waals surface area (Å²) in [5.74, 6) is -0.311. The molecule has 28 heavy (non-hydrogen) atoms. The summed E-state index contributed by atoms with van der Waals surface area (Å²) in [6, 6.07) is 16.3. The van der Waals surface area contributed by atoms with Crippen LogP contribution in [0.3, 0.4) is 0 Å². The maximum Gasteiger partial charge on any atom is 0.410 e. The molecule has 0 radical (unpaired) electrons. The molecule has 0 N–H and O–H groups in total. The first-order valence-electron chi connectivity index (χ1n) is 9.51. The van der Waals surface area contributed by atoms with Crippen molar-refractivity contribution >= 4 is 11.7 Å². The van der Waals surface area contributed by atoms with Gasteiger partial charge in [-0.15, -0.1) is 0 Å². The summed E-state index contributed by atoms with van der Waals surface area (Å²) < 4.78 is 19.3. The quantitative estimate of drug-likeness (QED) is 0.767. The van der Waals surface area contributed by atoms with E-state index in [0.29, 0.717) is 6.42 Å². The Bertz CT molecular complexity index is 949. The van der Waals surface area contributed by atoms with Crippen LogP contribution in [0, 0.1) is 17.1 Å².